The van der Waals surface area contributed by atoms with Crippen molar-refractivity contribution in [3.63, 3.8) is 0 Å². The maximum absolute atomic E-state index is 11.8. The van der Waals surface area contributed by atoms with Crippen molar-refractivity contribution in [1.29, 1.82) is 0 Å². The molecule has 0 fully saturated rings. The Kier molecular flexibility index (Phi) is 3.76. The predicted octanol–water partition coefficient (Wildman–Crippen LogP) is 2.23. The molecule has 0 saturated carbocycles. The summed E-state index contributed by atoms with van der Waals surface area (Å²) < 4.78 is 5.33. The molecule has 5 nitrogen and oxygen atoms in total. The lowest BCUT2D eigenvalue weighted by Gasteiger charge is -2.05. The number of carbonyl (C=O) groups excluding carboxylic acids is 1. The summed E-state index contributed by atoms with van der Waals surface area (Å²) in [4.78, 5) is 11.8. The van der Waals surface area contributed by atoms with Gasteiger partial charge in [0.2, 0.25) is 0 Å². The van der Waals surface area contributed by atoms with Gasteiger partial charge in [-0.3, -0.25) is 9.89 Å². The van der Waals surface area contributed by atoms with Gasteiger partial charge in [0.05, 0.1) is 11.9 Å². The van der Waals surface area contributed by atoms with Gasteiger partial charge >= 0.3 is 0 Å². The molecule has 1 heterocycles. The molecule has 0 unspecified atom stereocenters. The molecule has 2 N–H and O–H groups in total. The maximum atomic E-state index is 11.8. The molecular formula is C13H13N3O2. The molecule has 1 amide bonds. The number of rotatable bonds is 5. The minimum absolute atomic E-state index is 0.188. The van der Waals surface area contributed by atoms with Gasteiger partial charge in [-0.25, -0.2) is 0 Å². The Hall–Kier alpha value is -2.56. The van der Waals surface area contributed by atoms with Crippen molar-refractivity contribution in [3.8, 4) is 5.75 Å². The number of hydrogen-bond donors (Lipinski definition) is 2. The van der Waals surface area contributed by atoms with Crippen LogP contribution in [0, 0.1) is 0 Å². The number of anilines is 1. The zero-order valence-corrected chi connectivity index (χ0v) is 9.72. The van der Waals surface area contributed by atoms with Gasteiger partial charge in [0.1, 0.15) is 12.4 Å². The summed E-state index contributed by atoms with van der Waals surface area (Å²) in [5, 5.41) is 9.08. The molecular weight excluding hydrogens is 230 g/mol. The Morgan fingerprint density at radius 1 is 1.44 bits per heavy atom. The normalized spacial score (nSPS) is 9.78. The van der Waals surface area contributed by atoms with Crippen molar-refractivity contribution < 1.29 is 9.53 Å². The van der Waals surface area contributed by atoms with Crippen LogP contribution in [0.25, 0.3) is 0 Å². The van der Waals surface area contributed by atoms with Gasteiger partial charge in [-0.2, -0.15) is 5.10 Å². The van der Waals surface area contributed by atoms with Gasteiger partial charge in [-0.1, -0.05) is 12.7 Å². The summed E-state index contributed by atoms with van der Waals surface area (Å²) >= 11 is 0. The van der Waals surface area contributed by atoms with Gasteiger partial charge in [0, 0.05) is 11.8 Å². The topological polar surface area (TPSA) is 67.0 Å². The van der Waals surface area contributed by atoms with E-state index in [4.69, 9.17) is 4.74 Å². The molecule has 0 saturated heterocycles. The number of aromatic nitrogens is 2. The van der Waals surface area contributed by atoms with Crippen molar-refractivity contribution in [2.24, 2.45) is 0 Å². The first-order valence-electron chi connectivity index (χ1n) is 5.43. The molecule has 18 heavy (non-hydrogen) atoms. The molecule has 0 aliphatic heterocycles. The number of hydrogen-bond acceptors (Lipinski definition) is 3. The van der Waals surface area contributed by atoms with Crippen LogP contribution in [0.3, 0.4) is 0 Å². The van der Waals surface area contributed by atoms with E-state index in [-0.39, 0.29) is 5.91 Å². The van der Waals surface area contributed by atoms with Gasteiger partial charge in [0.25, 0.3) is 5.91 Å². The van der Waals surface area contributed by atoms with Crippen LogP contribution in [0.1, 0.15) is 10.4 Å². The Bertz CT molecular complexity index is 518. The van der Waals surface area contributed by atoms with Crippen LogP contribution in [-0.2, 0) is 0 Å². The van der Waals surface area contributed by atoms with E-state index in [2.05, 4.69) is 22.1 Å². The van der Waals surface area contributed by atoms with E-state index in [0.29, 0.717) is 23.6 Å². The third kappa shape index (κ3) is 2.98. The molecule has 0 spiro atoms. The highest BCUT2D eigenvalue weighted by Crippen LogP contribution is 2.13. The van der Waals surface area contributed by atoms with Crippen LogP contribution in [-0.4, -0.2) is 22.7 Å². The van der Waals surface area contributed by atoms with E-state index >= 15 is 0 Å². The fraction of sp³-hybridized carbons (Fsp3) is 0.0769. The van der Waals surface area contributed by atoms with Crippen LogP contribution >= 0.6 is 0 Å². The monoisotopic (exact) mass is 243 g/mol. The average molecular weight is 243 g/mol. The standard InChI is InChI=1S/C13H13N3O2/c1-2-7-18-12-5-3-10(4-6-12)13(17)16-11-8-14-15-9-11/h2-6,8-9H,1,7H2,(H,14,15)(H,16,17). The quantitative estimate of drug-likeness (QED) is 0.791. The molecule has 0 aliphatic rings. The Morgan fingerprint density at radius 2 is 2.22 bits per heavy atom. The number of nitrogens with one attached hydrogen (secondary N) is 2. The van der Waals surface area contributed by atoms with Crippen LogP contribution in [0.15, 0.2) is 49.3 Å². The second kappa shape index (κ2) is 5.67. The number of nitrogens with zero attached hydrogens (tertiary/aromatic N) is 1. The van der Waals surface area contributed by atoms with Crippen molar-refractivity contribution in [2.75, 3.05) is 11.9 Å². The molecule has 1 aromatic heterocycles. The first-order valence-corrected chi connectivity index (χ1v) is 5.43. The van der Waals surface area contributed by atoms with Crippen molar-refractivity contribution in [1.82, 2.24) is 10.2 Å². The third-order valence-corrected chi connectivity index (χ3v) is 2.24. The Labute approximate surface area is 104 Å². The molecule has 92 valence electrons. The second-order valence-electron chi connectivity index (χ2n) is 3.57. The highest BCUT2D eigenvalue weighted by atomic mass is 16.5. The first kappa shape index (κ1) is 11.9. The Balaban J connectivity index is 2.00. The number of amides is 1. The number of ether oxygens (including phenoxy) is 1. The smallest absolute Gasteiger partial charge is 0.255 e. The lowest BCUT2D eigenvalue weighted by molar-refractivity contribution is 0.102. The highest BCUT2D eigenvalue weighted by Gasteiger charge is 2.06. The molecule has 2 rings (SSSR count). The van der Waals surface area contributed by atoms with Crippen molar-refractivity contribution in [3.05, 3.63) is 54.9 Å². The van der Waals surface area contributed by atoms with Crippen LogP contribution in [0.4, 0.5) is 5.69 Å². The SMILES string of the molecule is C=CCOc1ccc(C(=O)Nc2cn[nH]c2)cc1. The molecule has 1 aromatic carbocycles. The molecule has 0 atom stereocenters. The largest absolute Gasteiger partial charge is 0.490 e. The predicted molar refractivity (Wildman–Crippen MR) is 68.7 cm³/mol. The number of benzene rings is 1. The number of aromatic amines is 1. The molecule has 0 bridgehead atoms. The van der Waals surface area contributed by atoms with Crippen LogP contribution < -0.4 is 10.1 Å². The van der Waals surface area contributed by atoms with Crippen molar-refractivity contribution in [2.45, 2.75) is 0 Å². The van der Waals surface area contributed by atoms with Crippen LogP contribution in [0.5, 0.6) is 5.75 Å². The van der Waals surface area contributed by atoms with Crippen molar-refractivity contribution >= 4 is 11.6 Å². The summed E-state index contributed by atoms with van der Waals surface area (Å²) in [6, 6.07) is 6.89. The van der Waals surface area contributed by atoms with E-state index in [1.54, 1.807) is 42.7 Å². The van der Waals surface area contributed by atoms with E-state index in [0.717, 1.165) is 0 Å². The summed E-state index contributed by atoms with van der Waals surface area (Å²) in [7, 11) is 0. The summed E-state index contributed by atoms with van der Waals surface area (Å²) in [5.74, 6) is 0.515. The van der Waals surface area contributed by atoms with Gasteiger partial charge < -0.3 is 10.1 Å². The average Bonchev–Trinajstić information content (AvgIpc) is 2.89. The molecule has 0 radical (unpaired) electrons. The van der Waals surface area contributed by atoms with E-state index in [1.165, 1.54) is 0 Å². The lowest BCUT2D eigenvalue weighted by atomic mass is 10.2. The fourth-order valence-electron chi connectivity index (χ4n) is 1.38. The number of H-pyrrole nitrogens is 1. The second-order valence-corrected chi connectivity index (χ2v) is 3.57. The first-order chi connectivity index (χ1) is 8.79. The van der Waals surface area contributed by atoms with Gasteiger partial charge in [0.15, 0.2) is 0 Å². The minimum Gasteiger partial charge on any atom is -0.490 e. The van der Waals surface area contributed by atoms with Crippen LogP contribution in [0.2, 0.25) is 0 Å². The van der Waals surface area contributed by atoms with Gasteiger partial charge in [-0.05, 0) is 24.3 Å². The highest BCUT2D eigenvalue weighted by molar-refractivity contribution is 6.04. The van der Waals surface area contributed by atoms with E-state index in [1.807, 2.05) is 0 Å². The molecule has 5 heteroatoms. The Morgan fingerprint density at radius 3 is 2.83 bits per heavy atom. The van der Waals surface area contributed by atoms with E-state index < -0.39 is 0 Å². The fourth-order valence-corrected chi connectivity index (χ4v) is 1.38. The summed E-state index contributed by atoms with van der Waals surface area (Å²) in [6.45, 7) is 4.01. The summed E-state index contributed by atoms with van der Waals surface area (Å²) in [6.07, 6.45) is 4.82. The zero-order valence-electron chi connectivity index (χ0n) is 9.72. The van der Waals surface area contributed by atoms with E-state index in [9.17, 15) is 4.79 Å². The maximum Gasteiger partial charge on any atom is 0.255 e. The molecule has 2 aromatic rings. The minimum atomic E-state index is -0.188. The third-order valence-electron chi connectivity index (χ3n) is 2.24. The number of carbonyl (C=O) groups is 1. The molecule has 0 aliphatic carbocycles. The van der Waals surface area contributed by atoms with Gasteiger partial charge in [-0.15, -0.1) is 0 Å². The lowest BCUT2D eigenvalue weighted by Crippen LogP contribution is -2.11. The summed E-state index contributed by atoms with van der Waals surface area (Å²) in [5.41, 5.74) is 1.19. The zero-order chi connectivity index (χ0) is 12.8.